The summed E-state index contributed by atoms with van der Waals surface area (Å²) in [7, 11) is 0. The Kier molecular flexibility index (Phi) is 2.69. The molecule has 5 heteroatoms. The summed E-state index contributed by atoms with van der Waals surface area (Å²) in [5.74, 6) is -0.0530. The van der Waals surface area contributed by atoms with Crippen LogP contribution in [0, 0.1) is 0 Å². The highest BCUT2D eigenvalue weighted by Gasteiger charge is 2.47. The van der Waals surface area contributed by atoms with Crippen molar-refractivity contribution in [2.24, 2.45) is 0 Å². The second-order valence-electron chi connectivity index (χ2n) is 4.91. The van der Waals surface area contributed by atoms with Gasteiger partial charge >= 0.3 is 5.97 Å². The minimum atomic E-state index is -0.835. The van der Waals surface area contributed by atoms with E-state index in [2.05, 4.69) is 4.98 Å². The first-order valence-electron chi connectivity index (χ1n) is 6.52. The Hall–Kier alpha value is -2.04. The smallest absolute Gasteiger partial charge is 0.329 e. The first-order chi connectivity index (χ1) is 9.19. The quantitative estimate of drug-likeness (QED) is 0.919. The lowest BCUT2D eigenvalue weighted by Gasteiger charge is -2.35. The number of anilines is 1. The fourth-order valence-corrected chi connectivity index (χ4v) is 3.02. The van der Waals surface area contributed by atoms with Crippen LogP contribution in [0.4, 0.5) is 5.82 Å². The zero-order valence-electron chi connectivity index (χ0n) is 10.8. The Morgan fingerprint density at radius 1 is 1.58 bits per heavy atom. The van der Waals surface area contributed by atoms with Crippen molar-refractivity contribution < 1.29 is 14.3 Å². The number of aliphatic carboxylic acids is 1. The molecule has 0 amide bonds. The number of carboxylic acid groups (broad SMARTS) is 1. The van der Waals surface area contributed by atoms with Gasteiger partial charge in [0.2, 0.25) is 0 Å². The maximum atomic E-state index is 11.7. The van der Waals surface area contributed by atoms with Gasteiger partial charge in [-0.05, 0) is 31.4 Å². The van der Waals surface area contributed by atoms with Crippen LogP contribution < -0.4 is 4.90 Å². The summed E-state index contributed by atoms with van der Waals surface area (Å²) in [6.07, 6.45) is 5.38. The van der Waals surface area contributed by atoms with Gasteiger partial charge in [-0.2, -0.15) is 0 Å². The molecule has 3 rings (SSSR count). The molecule has 2 aromatic rings. The summed E-state index contributed by atoms with van der Waals surface area (Å²) < 4.78 is 5.37. The normalized spacial score (nSPS) is 23.1. The molecule has 1 N–H and O–H groups in total. The van der Waals surface area contributed by atoms with Crippen molar-refractivity contribution in [2.45, 2.75) is 31.7 Å². The van der Waals surface area contributed by atoms with Gasteiger partial charge in [0.1, 0.15) is 16.9 Å². The van der Waals surface area contributed by atoms with E-state index in [1.54, 1.807) is 18.5 Å². The van der Waals surface area contributed by atoms with Crippen molar-refractivity contribution in [2.75, 3.05) is 11.4 Å². The summed E-state index contributed by atoms with van der Waals surface area (Å²) in [6, 6.07) is 3.64. The molecule has 1 saturated heterocycles. The van der Waals surface area contributed by atoms with Gasteiger partial charge in [-0.3, -0.25) is 0 Å². The third-order valence-corrected chi connectivity index (χ3v) is 4.09. The molecule has 5 nitrogen and oxygen atoms in total. The Bertz CT molecular complexity index is 622. The van der Waals surface area contributed by atoms with Gasteiger partial charge in [0.05, 0.1) is 11.6 Å². The van der Waals surface area contributed by atoms with E-state index >= 15 is 0 Å². The number of hydrogen-bond acceptors (Lipinski definition) is 4. The Balaban J connectivity index is 2.15. The summed E-state index contributed by atoms with van der Waals surface area (Å²) in [5.41, 5.74) is -0.0919. The van der Waals surface area contributed by atoms with E-state index in [0.29, 0.717) is 18.7 Å². The Labute approximate surface area is 110 Å². The summed E-state index contributed by atoms with van der Waals surface area (Å²) in [5, 5.41) is 10.5. The highest BCUT2D eigenvalue weighted by atomic mass is 16.4. The Morgan fingerprint density at radius 3 is 3.16 bits per heavy atom. The topological polar surface area (TPSA) is 66.6 Å². The van der Waals surface area contributed by atoms with E-state index in [-0.39, 0.29) is 0 Å². The second kappa shape index (κ2) is 4.26. The molecule has 0 aromatic carbocycles. The van der Waals surface area contributed by atoms with E-state index in [1.807, 2.05) is 17.9 Å². The number of hydrogen-bond donors (Lipinski definition) is 1. The van der Waals surface area contributed by atoms with Gasteiger partial charge in [-0.1, -0.05) is 6.92 Å². The van der Waals surface area contributed by atoms with E-state index in [0.717, 1.165) is 23.9 Å². The van der Waals surface area contributed by atoms with Crippen molar-refractivity contribution >= 4 is 22.8 Å². The number of carbonyl (C=O) groups is 1. The van der Waals surface area contributed by atoms with Crippen LogP contribution in [0.1, 0.15) is 26.2 Å². The first kappa shape index (κ1) is 12.0. The van der Waals surface area contributed by atoms with E-state index in [4.69, 9.17) is 4.42 Å². The number of aromatic nitrogens is 1. The number of pyridine rings is 1. The van der Waals surface area contributed by atoms with Gasteiger partial charge in [0.25, 0.3) is 0 Å². The number of rotatable bonds is 3. The van der Waals surface area contributed by atoms with E-state index in [1.165, 1.54) is 0 Å². The zero-order chi connectivity index (χ0) is 13.5. The lowest BCUT2D eigenvalue weighted by molar-refractivity contribution is -0.143. The van der Waals surface area contributed by atoms with Gasteiger partial charge < -0.3 is 14.4 Å². The third-order valence-electron chi connectivity index (χ3n) is 4.09. The molecule has 19 heavy (non-hydrogen) atoms. The van der Waals surface area contributed by atoms with Gasteiger partial charge in [-0.25, -0.2) is 9.78 Å². The van der Waals surface area contributed by atoms with Gasteiger partial charge in [0, 0.05) is 12.7 Å². The van der Waals surface area contributed by atoms with Crippen LogP contribution in [0.3, 0.4) is 0 Å². The molecular formula is C14H16N2O3. The molecule has 3 heterocycles. The van der Waals surface area contributed by atoms with Crippen LogP contribution in [0.15, 0.2) is 29.0 Å². The highest BCUT2D eigenvalue weighted by molar-refractivity contribution is 5.93. The largest absolute Gasteiger partial charge is 0.479 e. The molecule has 100 valence electrons. The third kappa shape index (κ3) is 1.61. The van der Waals surface area contributed by atoms with Crippen molar-refractivity contribution in [3.8, 4) is 0 Å². The molecular weight excluding hydrogens is 244 g/mol. The number of nitrogens with zero attached hydrogens (tertiary/aromatic N) is 2. The predicted molar refractivity (Wildman–Crippen MR) is 71.2 cm³/mol. The second-order valence-corrected chi connectivity index (χ2v) is 4.91. The van der Waals surface area contributed by atoms with Crippen molar-refractivity contribution in [1.29, 1.82) is 0 Å². The lowest BCUT2D eigenvalue weighted by Crippen LogP contribution is -2.50. The monoisotopic (exact) mass is 260 g/mol. The van der Waals surface area contributed by atoms with Crippen molar-refractivity contribution in [1.82, 2.24) is 4.98 Å². The van der Waals surface area contributed by atoms with Crippen LogP contribution in [-0.4, -0.2) is 28.1 Å². The van der Waals surface area contributed by atoms with Crippen molar-refractivity contribution in [3.05, 3.63) is 24.6 Å². The van der Waals surface area contributed by atoms with E-state index in [9.17, 15) is 9.90 Å². The molecule has 1 atom stereocenters. The molecule has 0 radical (unpaired) electrons. The minimum Gasteiger partial charge on any atom is -0.479 e. The molecule has 1 fully saturated rings. The minimum absolute atomic E-state index is 0.568. The summed E-state index contributed by atoms with van der Waals surface area (Å²) in [6.45, 7) is 2.64. The molecule has 1 unspecified atom stereocenters. The average Bonchev–Trinajstić information content (AvgIpc) is 3.05. The molecule has 0 spiro atoms. The molecule has 1 aliphatic rings. The highest BCUT2D eigenvalue weighted by Crippen LogP contribution is 2.39. The maximum Gasteiger partial charge on any atom is 0.329 e. The molecule has 1 aliphatic heterocycles. The average molecular weight is 260 g/mol. The van der Waals surface area contributed by atoms with Crippen LogP contribution >= 0.6 is 0 Å². The summed E-state index contributed by atoms with van der Waals surface area (Å²) >= 11 is 0. The summed E-state index contributed by atoms with van der Waals surface area (Å²) in [4.78, 5) is 18.0. The van der Waals surface area contributed by atoms with Gasteiger partial charge in [0.15, 0.2) is 0 Å². The number of fused-ring (bicyclic) bond motifs is 1. The zero-order valence-corrected chi connectivity index (χ0v) is 10.8. The fourth-order valence-electron chi connectivity index (χ4n) is 3.02. The van der Waals surface area contributed by atoms with Gasteiger partial charge in [-0.15, -0.1) is 0 Å². The first-order valence-corrected chi connectivity index (χ1v) is 6.52. The van der Waals surface area contributed by atoms with E-state index < -0.39 is 11.5 Å². The Morgan fingerprint density at radius 2 is 2.42 bits per heavy atom. The van der Waals surface area contributed by atoms with Crippen molar-refractivity contribution in [3.63, 3.8) is 0 Å². The predicted octanol–water partition coefficient (Wildman–Crippen LogP) is 2.66. The van der Waals surface area contributed by atoms with Crippen LogP contribution in [0.2, 0.25) is 0 Å². The van der Waals surface area contributed by atoms with Crippen LogP contribution in [-0.2, 0) is 4.79 Å². The number of furan rings is 1. The maximum absolute atomic E-state index is 11.7. The standard InChI is InChI=1S/C14H16N2O3/c1-2-14(13(17)18)6-3-8-16(14)12-10-5-9-19-11(10)4-7-15-12/h4-5,7,9H,2-3,6,8H2,1H3,(H,17,18). The van der Waals surface area contributed by atoms with Crippen LogP contribution in [0.25, 0.3) is 11.0 Å². The molecule has 0 saturated carbocycles. The number of carboxylic acids is 1. The molecule has 0 aliphatic carbocycles. The fraction of sp³-hybridized carbons (Fsp3) is 0.429. The SMILES string of the molecule is CCC1(C(=O)O)CCCN1c1nccc2occc12. The van der Waals surface area contributed by atoms with Crippen LogP contribution in [0.5, 0.6) is 0 Å². The lowest BCUT2D eigenvalue weighted by atomic mass is 9.93. The molecule has 0 bridgehead atoms. The molecule has 2 aromatic heterocycles.